The topological polar surface area (TPSA) is 49.2 Å². The SMILES string of the molecule is CC1(C)C=C(CN)C(C)(C)N1[O]. The summed E-state index contributed by atoms with van der Waals surface area (Å²) < 4.78 is 0. The Hall–Kier alpha value is -0.380. The average molecular weight is 169 g/mol. The molecule has 0 fully saturated rings. The van der Waals surface area contributed by atoms with Crippen LogP contribution in [0.3, 0.4) is 0 Å². The first-order chi connectivity index (χ1) is 5.32. The van der Waals surface area contributed by atoms with Crippen molar-refractivity contribution in [1.82, 2.24) is 5.06 Å². The third kappa shape index (κ3) is 1.18. The fourth-order valence-electron chi connectivity index (χ4n) is 1.82. The number of nitrogens with zero attached hydrogens (tertiary/aromatic N) is 1. The molecule has 0 saturated carbocycles. The third-order valence-corrected chi connectivity index (χ3v) is 2.56. The van der Waals surface area contributed by atoms with E-state index in [9.17, 15) is 5.21 Å². The largest absolute Gasteiger partial charge is 0.327 e. The third-order valence-electron chi connectivity index (χ3n) is 2.56. The van der Waals surface area contributed by atoms with Crippen LogP contribution in [-0.4, -0.2) is 22.7 Å². The lowest BCUT2D eigenvalue weighted by molar-refractivity contribution is -0.238. The van der Waals surface area contributed by atoms with E-state index in [4.69, 9.17) is 5.73 Å². The van der Waals surface area contributed by atoms with Crippen LogP contribution in [0.25, 0.3) is 0 Å². The molecule has 0 aromatic heterocycles. The molecule has 1 aliphatic heterocycles. The highest BCUT2D eigenvalue weighted by Crippen LogP contribution is 2.37. The molecule has 3 nitrogen and oxygen atoms in total. The van der Waals surface area contributed by atoms with Gasteiger partial charge in [0.2, 0.25) is 0 Å². The Morgan fingerprint density at radius 3 is 2.08 bits per heavy atom. The molecule has 0 spiro atoms. The van der Waals surface area contributed by atoms with Crippen LogP contribution >= 0.6 is 0 Å². The smallest absolute Gasteiger partial charge is 0.0668 e. The van der Waals surface area contributed by atoms with E-state index < -0.39 is 11.1 Å². The summed E-state index contributed by atoms with van der Waals surface area (Å²) in [4.78, 5) is 0. The van der Waals surface area contributed by atoms with Gasteiger partial charge in [-0.1, -0.05) is 6.08 Å². The van der Waals surface area contributed by atoms with E-state index in [-0.39, 0.29) is 0 Å². The first-order valence-corrected chi connectivity index (χ1v) is 4.22. The molecule has 12 heavy (non-hydrogen) atoms. The predicted molar refractivity (Wildman–Crippen MR) is 47.8 cm³/mol. The van der Waals surface area contributed by atoms with Crippen LogP contribution in [0.1, 0.15) is 27.7 Å². The summed E-state index contributed by atoms with van der Waals surface area (Å²) in [5.74, 6) is 0. The fourth-order valence-corrected chi connectivity index (χ4v) is 1.82. The lowest BCUT2D eigenvalue weighted by Crippen LogP contribution is -2.47. The van der Waals surface area contributed by atoms with E-state index in [2.05, 4.69) is 0 Å². The van der Waals surface area contributed by atoms with Gasteiger partial charge in [0.1, 0.15) is 0 Å². The predicted octanol–water partition coefficient (Wildman–Crippen LogP) is 1.09. The summed E-state index contributed by atoms with van der Waals surface area (Å²) in [6.45, 7) is 8.10. The maximum atomic E-state index is 11.7. The molecule has 1 heterocycles. The quantitative estimate of drug-likeness (QED) is 0.597. The van der Waals surface area contributed by atoms with Gasteiger partial charge in [0.25, 0.3) is 0 Å². The molecular formula is C9H17N2O. The Kier molecular flexibility index (Phi) is 2.07. The Labute approximate surface area is 73.8 Å². The van der Waals surface area contributed by atoms with Crippen molar-refractivity contribution in [2.24, 2.45) is 5.73 Å². The van der Waals surface area contributed by atoms with E-state index in [1.54, 1.807) is 0 Å². The van der Waals surface area contributed by atoms with Crippen molar-refractivity contribution in [3.63, 3.8) is 0 Å². The molecule has 1 radical (unpaired) electrons. The molecule has 1 rings (SSSR count). The van der Waals surface area contributed by atoms with Crippen LogP contribution in [0.2, 0.25) is 0 Å². The van der Waals surface area contributed by atoms with Crippen LogP contribution in [0.15, 0.2) is 11.6 Å². The number of rotatable bonds is 1. The first kappa shape index (κ1) is 9.71. The Bertz CT molecular complexity index is 219. The van der Waals surface area contributed by atoms with E-state index >= 15 is 0 Å². The molecule has 0 unspecified atom stereocenters. The number of nitrogens with two attached hydrogens (primary N) is 1. The van der Waals surface area contributed by atoms with Gasteiger partial charge in [-0.15, -0.1) is 10.3 Å². The van der Waals surface area contributed by atoms with Gasteiger partial charge in [0.15, 0.2) is 0 Å². The number of hydroxylamine groups is 2. The van der Waals surface area contributed by atoms with Gasteiger partial charge in [-0.05, 0) is 33.3 Å². The highest BCUT2D eigenvalue weighted by molar-refractivity contribution is 5.30. The van der Waals surface area contributed by atoms with Crippen molar-refractivity contribution in [3.8, 4) is 0 Å². The lowest BCUT2D eigenvalue weighted by Gasteiger charge is -2.33. The standard InChI is InChI=1S/C9H17N2O/c1-8(2)5-7(6-10)9(3,4)11(8)12/h5H,6,10H2,1-4H3. The normalized spacial score (nSPS) is 27.3. The fraction of sp³-hybridized carbons (Fsp3) is 0.778. The number of hydrogen-bond donors (Lipinski definition) is 1. The zero-order chi connectivity index (χ0) is 9.57. The summed E-state index contributed by atoms with van der Waals surface area (Å²) in [6, 6.07) is 0. The molecule has 69 valence electrons. The number of hydrogen-bond acceptors (Lipinski definition) is 2. The monoisotopic (exact) mass is 169 g/mol. The van der Waals surface area contributed by atoms with Crippen molar-refractivity contribution in [1.29, 1.82) is 0 Å². The molecule has 1 aliphatic rings. The zero-order valence-corrected chi connectivity index (χ0v) is 8.22. The summed E-state index contributed by atoms with van der Waals surface area (Å²) in [5.41, 5.74) is 5.75. The van der Waals surface area contributed by atoms with Crippen molar-refractivity contribution < 1.29 is 5.21 Å². The van der Waals surface area contributed by atoms with Gasteiger partial charge in [0, 0.05) is 6.54 Å². The molecule has 2 N–H and O–H groups in total. The van der Waals surface area contributed by atoms with E-state index in [1.807, 2.05) is 33.8 Å². The lowest BCUT2D eigenvalue weighted by atomic mass is 9.97. The van der Waals surface area contributed by atoms with E-state index in [1.165, 1.54) is 0 Å². The summed E-state index contributed by atoms with van der Waals surface area (Å²) in [7, 11) is 0. The van der Waals surface area contributed by atoms with Crippen LogP contribution in [-0.2, 0) is 5.21 Å². The minimum atomic E-state index is -0.432. The highest BCUT2D eigenvalue weighted by Gasteiger charge is 2.45. The molecule has 0 atom stereocenters. The Morgan fingerprint density at radius 1 is 1.42 bits per heavy atom. The Balaban J connectivity index is 3.03. The maximum absolute atomic E-state index is 11.7. The van der Waals surface area contributed by atoms with E-state index in [0.29, 0.717) is 6.54 Å². The Morgan fingerprint density at radius 2 is 1.92 bits per heavy atom. The summed E-state index contributed by atoms with van der Waals surface area (Å²) in [6.07, 6.45) is 1.97. The van der Waals surface area contributed by atoms with Crippen molar-refractivity contribution in [2.45, 2.75) is 38.8 Å². The minimum absolute atomic E-state index is 0.405. The van der Waals surface area contributed by atoms with Gasteiger partial charge in [-0.3, -0.25) is 0 Å². The van der Waals surface area contributed by atoms with Gasteiger partial charge in [0.05, 0.1) is 11.1 Å². The second-order valence-corrected chi connectivity index (χ2v) is 4.38. The second kappa shape index (κ2) is 2.55. The molecule has 0 saturated heterocycles. The van der Waals surface area contributed by atoms with Crippen LogP contribution in [0.4, 0.5) is 0 Å². The molecule has 0 aromatic rings. The van der Waals surface area contributed by atoms with Gasteiger partial charge in [-0.2, -0.15) is 0 Å². The molecule has 0 amide bonds. The summed E-state index contributed by atoms with van der Waals surface area (Å²) >= 11 is 0. The maximum Gasteiger partial charge on any atom is 0.0668 e. The average Bonchev–Trinajstić information content (AvgIpc) is 2.11. The molecule has 0 bridgehead atoms. The molecule has 0 aliphatic carbocycles. The van der Waals surface area contributed by atoms with Gasteiger partial charge in [-0.25, -0.2) is 0 Å². The van der Waals surface area contributed by atoms with Crippen molar-refractivity contribution >= 4 is 0 Å². The second-order valence-electron chi connectivity index (χ2n) is 4.38. The first-order valence-electron chi connectivity index (χ1n) is 4.22. The van der Waals surface area contributed by atoms with Crippen LogP contribution in [0, 0.1) is 0 Å². The van der Waals surface area contributed by atoms with Gasteiger partial charge >= 0.3 is 0 Å². The highest BCUT2D eigenvalue weighted by atomic mass is 16.5. The van der Waals surface area contributed by atoms with E-state index in [0.717, 1.165) is 10.6 Å². The van der Waals surface area contributed by atoms with Gasteiger partial charge < -0.3 is 5.73 Å². The van der Waals surface area contributed by atoms with Crippen LogP contribution in [0.5, 0.6) is 0 Å². The van der Waals surface area contributed by atoms with Crippen LogP contribution < -0.4 is 5.73 Å². The molecular weight excluding hydrogens is 152 g/mol. The zero-order valence-electron chi connectivity index (χ0n) is 8.22. The molecule has 0 aromatic carbocycles. The van der Waals surface area contributed by atoms with Crippen molar-refractivity contribution in [2.75, 3.05) is 6.54 Å². The molecule has 3 heteroatoms. The summed E-state index contributed by atoms with van der Waals surface area (Å²) in [5, 5.41) is 12.8. The minimum Gasteiger partial charge on any atom is -0.327 e. The van der Waals surface area contributed by atoms with Crippen molar-refractivity contribution in [3.05, 3.63) is 11.6 Å².